The van der Waals surface area contributed by atoms with E-state index < -0.39 is 41.3 Å². The predicted molar refractivity (Wildman–Crippen MR) is 97.7 cm³/mol. The number of carbonyl (C=O) groups excluding carboxylic acids is 1. The number of aliphatic hydroxyl groups is 2. The smallest absolute Gasteiger partial charge is 0.338 e. The molecular formula is C19H20N2O7. The summed E-state index contributed by atoms with van der Waals surface area (Å²) >= 11 is 0. The zero-order chi connectivity index (χ0) is 20.5. The van der Waals surface area contributed by atoms with Crippen molar-refractivity contribution in [2.45, 2.75) is 31.0 Å². The first-order valence-corrected chi connectivity index (χ1v) is 8.50. The van der Waals surface area contributed by atoms with Gasteiger partial charge in [-0.1, -0.05) is 24.8 Å². The lowest BCUT2D eigenvalue weighted by Gasteiger charge is -2.32. The van der Waals surface area contributed by atoms with Crippen molar-refractivity contribution in [3.8, 4) is 0 Å². The second kappa shape index (κ2) is 7.55. The summed E-state index contributed by atoms with van der Waals surface area (Å²) in [5, 5.41) is 21.7. The molecule has 0 bridgehead atoms. The van der Waals surface area contributed by atoms with Crippen molar-refractivity contribution in [1.29, 1.82) is 0 Å². The quantitative estimate of drug-likeness (QED) is 0.484. The normalized spacial score (nSPS) is 26.8. The molecule has 2 aromatic rings. The van der Waals surface area contributed by atoms with E-state index in [4.69, 9.17) is 9.47 Å². The molecule has 1 aliphatic heterocycles. The number of rotatable bonds is 5. The van der Waals surface area contributed by atoms with E-state index in [9.17, 15) is 24.6 Å². The van der Waals surface area contributed by atoms with Crippen LogP contribution >= 0.6 is 0 Å². The molecule has 3 rings (SSSR count). The average molecular weight is 388 g/mol. The first-order valence-electron chi connectivity index (χ1n) is 8.50. The Balaban J connectivity index is 1.85. The highest BCUT2D eigenvalue weighted by Gasteiger charge is 2.57. The molecule has 1 aromatic heterocycles. The Hall–Kier alpha value is -3.01. The highest BCUT2D eigenvalue weighted by Crippen LogP contribution is 2.42. The van der Waals surface area contributed by atoms with E-state index in [0.29, 0.717) is 5.56 Å². The molecule has 2 heterocycles. The summed E-state index contributed by atoms with van der Waals surface area (Å²) in [5.74, 6) is -0.625. The topological polar surface area (TPSA) is 131 Å². The fraction of sp³-hybridized carbons (Fsp3) is 0.316. The molecule has 0 unspecified atom stereocenters. The van der Waals surface area contributed by atoms with Gasteiger partial charge in [0.25, 0.3) is 5.56 Å². The number of aromatic amines is 1. The van der Waals surface area contributed by atoms with Gasteiger partial charge < -0.3 is 19.7 Å². The summed E-state index contributed by atoms with van der Waals surface area (Å²) in [7, 11) is 0. The van der Waals surface area contributed by atoms with Crippen LogP contribution in [0.5, 0.6) is 0 Å². The van der Waals surface area contributed by atoms with Crippen LogP contribution < -0.4 is 11.2 Å². The van der Waals surface area contributed by atoms with Gasteiger partial charge in [0.1, 0.15) is 18.8 Å². The molecule has 9 heteroatoms. The SMILES string of the molecule is C=C(C)[C@@]1(O)[C@H](O)[C@@H](COC(=O)c2ccccc2)O[C@H]1n1ccc(=O)[nH]c1=O. The summed E-state index contributed by atoms with van der Waals surface area (Å²) in [5.41, 5.74) is -3.02. The minimum absolute atomic E-state index is 0.139. The number of esters is 1. The zero-order valence-electron chi connectivity index (χ0n) is 15.1. The van der Waals surface area contributed by atoms with Crippen LogP contribution in [0.2, 0.25) is 0 Å². The van der Waals surface area contributed by atoms with Crippen molar-refractivity contribution in [2.24, 2.45) is 0 Å². The zero-order valence-corrected chi connectivity index (χ0v) is 15.1. The predicted octanol–water partition coefficient (Wildman–Crippen LogP) is -0.0409. The van der Waals surface area contributed by atoms with Gasteiger partial charge in [-0.25, -0.2) is 9.59 Å². The van der Waals surface area contributed by atoms with Gasteiger partial charge in [-0.3, -0.25) is 14.3 Å². The average Bonchev–Trinajstić information content (AvgIpc) is 2.93. The maximum absolute atomic E-state index is 12.1. The van der Waals surface area contributed by atoms with Crippen molar-refractivity contribution >= 4 is 5.97 Å². The van der Waals surface area contributed by atoms with E-state index in [0.717, 1.165) is 16.8 Å². The summed E-state index contributed by atoms with van der Waals surface area (Å²) in [6.45, 7) is 4.78. The van der Waals surface area contributed by atoms with E-state index in [1.807, 2.05) is 0 Å². The lowest BCUT2D eigenvalue weighted by atomic mass is 9.87. The highest BCUT2D eigenvalue weighted by molar-refractivity contribution is 5.89. The summed E-state index contributed by atoms with van der Waals surface area (Å²) < 4.78 is 11.8. The van der Waals surface area contributed by atoms with Crippen LogP contribution in [0.3, 0.4) is 0 Å². The van der Waals surface area contributed by atoms with Gasteiger partial charge in [-0.05, 0) is 24.6 Å². The maximum atomic E-state index is 12.1. The van der Waals surface area contributed by atoms with Gasteiger partial charge in [0.2, 0.25) is 0 Å². The molecule has 9 nitrogen and oxygen atoms in total. The number of hydrogen-bond donors (Lipinski definition) is 3. The van der Waals surface area contributed by atoms with Crippen LogP contribution in [0, 0.1) is 0 Å². The number of aliphatic hydroxyl groups excluding tert-OH is 1. The van der Waals surface area contributed by atoms with Gasteiger partial charge in [-0.2, -0.15) is 0 Å². The molecule has 0 spiro atoms. The molecule has 3 N–H and O–H groups in total. The first kappa shape index (κ1) is 19.7. The second-order valence-corrected chi connectivity index (χ2v) is 6.56. The molecule has 1 fully saturated rings. The number of carbonyl (C=O) groups is 1. The van der Waals surface area contributed by atoms with Crippen LogP contribution in [0.1, 0.15) is 23.5 Å². The van der Waals surface area contributed by atoms with Gasteiger partial charge in [0, 0.05) is 12.3 Å². The maximum Gasteiger partial charge on any atom is 0.338 e. The second-order valence-electron chi connectivity index (χ2n) is 6.56. The monoisotopic (exact) mass is 388 g/mol. The Bertz CT molecular complexity index is 997. The van der Waals surface area contributed by atoms with Gasteiger partial charge >= 0.3 is 11.7 Å². The van der Waals surface area contributed by atoms with E-state index in [2.05, 4.69) is 11.6 Å². The van der Waals surface area contributed by atoms with Crippen LogP contribution in [-0.4, -0.2) is 50.1 Å². The van der Waals surface area contributed by atoms with Gasteiger partial charge in [0.05, 0.1) is 5.56 Å². The van der Waals surface area contributed by atoms with E-state index in [1.165, 1.54) is 6.92 Å². The molecule has 1 saturated heterocycles. The molecule has 1 aromatic carbocycles. The third-order valence-electron chi connectivity index (χ3n) is 4.66. The van der Waals surface area contributed by atoms with Crippen molar-refractivity contribution in [2.75, 3.05) is 6.61 Å². The van der Waals surface area contributed by atoms with Crippen LogP contribution in [0.15, 0.2) is 64.3 Å². The fourth-order valence-electron chi connectivity index (χ4n) is 3.07. The molecule has 148 valence electrons. The number of ether oxygens (including phenoxy) is 2. The third kappa shape index (κ3) is 3.42. The first-order chi connectivity index (χ1) is 13.2. The number of H-pyrrole nitrogens is 1. The lowest BCUT2D eigenvalue weighted by Crippen LogP contribution is -2.50. The van der Waals surface area contributed by atoms with E-state index in [-0.39, 0.29) is 12.2 Å². The molecular weight excluding hydrogens is 368 g/mol. The molecule has 4 atom stereocenters. The lowest BCUT2D eigenvalue weighted by molar-refractivity contribution is -0.0880. The Morgan fingerprint density at radius 3 is 2.61 bits per heavy atom. The minimum Gasteiger partial charge on any atom is -0.459 e. The third-order valence-corrected chi connectivity index (χ3v) is 4.66. The summed E-state index contributed by atoms with van der Waals surface area (Å²) in [6.07, 6.45) is -2.88. The summed E-state index contributed by atoms with van der Waals surface area (Å²) in [4.78, 5) is 37.6. The molecule has 0 radical (unpaired) electrons. The van der Waals surface area contributed by atoms with Crippen LogP contribution in [0.4, 0.5) is 0 Å². The number of nitrogens with one attached hydrogen (secondary N) is 1. The molecule has 1 aliphatic rings. The fourth-order valence-corrected chi connectivity index (χ4v) is 3.07. The molecule has 0 saturated carbocycles. The number of hydrogen-bond acceptors (Lipinski definition) is 7. The minimum atomic E-state index is -2.04. The van der Waals surface area contributed by atoms with Crippen molar-refractivity contribution in [3.63, 3.8) is 0 Å². The number of benzene rings is 1. The Morgan fingerprint density at radius 2 is 2.00 bits per heavy atom. The van der Waals surface area contributed by atoms with Crippen molar-refractivity contribution < 1.29 is 24.5 Å². The number of aromatic nitrogens is 2. The Kier molecular flexibility index (Phi) is 5.32. The molecule has 0 amide bonds. The van der Waals surface area contributed by atoms with Crippen LogP contribution in [0.25, 0.3) is 0 Å². The molecule has 28 heavy (non-hydrogen) atoms. The Labute approximate surface area is 159 Å². The standard InChI is InChI=1S/C19H20N2O7/c1-11(2)19(26)15(23)13(10-27-16(24)12-6-4-3-5-7-12)28-17(19)21-9-8-14(22)20-18(21)25/h3-9,13,15,17,23,26H,1,10H2,2H3,(H,20,22,25)/t13-,15-,17-,19-/m1/s1. The number of nitrogens with zero attached hydrogens (tertiary/aromatic N) is 1. The van der Waals surface area contributed by atoms with E-state index >= 15 is 0 Å². The summed E-state index contributed by atoms with van der Waals surface area (Å²) in [6, 6.07) is 9.33. The van der Waals surface area contributed by atoms with Crippen LogP contribution in [-0.2, 0) is 9.47 Å². The van der Waals surface area contributed by atoms with Crippen molar-refractivity contribution in [1.82, 2.24) is 9.55 Å². The van der Waals surface area contributed by atoms with Gasteiger partial charge in [-0.15, -0.1) is 0 Å². The Morgan fingerprint density at radius 1 is 1.32 bits per heavy atom. The van der Waals surface area contributed by atoms with E-state index in [1.54, 1.807) is 30.3 Å². The highest BCUT2D eigenvalue weighted by atomic mass is 16.6. The molecule has 0 aliphatic carbocycles. The van der Waals surface area contributed by atoms with Crippen molar-refractivity contribution in [3.05, 3.63) is 81.1 Å². The van der Waals surface area contributed by atoms with Gasteiger partial charge in [0.15, 0.2) is 11.8 Å². The largest absolute Gasteiger partial charge is 0.459 e.